The topological polar surface area (TPSA) is 42.0 Å². The fraction of sp³-hybridized carbons (Fsp3) is 0.143. The second kappa shape index (κ2) is 5.31. The van der Waals surface area contributed by atoms with Gasteiger partial charge >= 0.3 is 0 Å². The van der Waals surface area contributed by atoms with Crippen LogP contribution in [0.15, 0.2) is 41.1 Å². The van der Waals surface area contributed by atoms with Crippen molar-refractivity contribution in [2.75, 3.05) is 5.32 Å². The molecule has 0 spiro atoms. The lowest BCUT2D eigenvalue weighted by Crippen LogP contribution is -2.13. The fourth-order valence-electron chi connectivity index (χ4n) is 1.59. The number of halogens is 1. The maximum atomic E-state index is 12.1. The minimum atomic E-state index is -0.111. The highest BCUT2D eigenvalue weighted by molar-refractivity contribution is 9.10. The molecule has 1 aromatic heterocycles. The minimum absolute atomic E-state index is 0.111. The van der Waals surface area contributed by atoms with Crippen molar-refractivity contribution in [3.05, 3.63) is 57.8 Å². The van der Waals surface area contributed by atoms with Gasteiger partial charge in [0.2, 0.25) is 0 Å². The molecular weight excluding hydrogens is 292 g/mol. The predicted molar refractivity (Wildman–Crippen MR) is 75.8 cm³/mol. The second-order valence-corrected chi connectivity index (χ2v) is 4.96. The van der Waals surface area contributed by atoms with Gasteiger partial charge in [-0.15, -0.1) is 0 Å². The largest absolute Gasteiger partial charge is 0.322 e. The van der Waals surface area contributed by atoms with E-state index in [1.807, 2.05) is 26.0 Å². The standard InChI is InChI=1S/C14H13BrN2O/c1-9-7-11(3-4-12(9)15)14(18)17-13-5-6-16-8-10(13)2/h3-8H,1-2H3,(H,16,17,18). The van der Waals surface area contributed by atoms with E-state index < -0.39 is 0 Å². The van der Waals surface area contributed by atoms with Gasteiger partial charge in [-0.25, -0.2) is 0 Å². The molecule has 18 heavy (non-hydrogen) atoms. The van der Waals surface area contributed by atoms with Crippen molar-refractivity contribution in [2.45, 2.75) is 13.8 Å². The lowest BCUT2D eigenvalue weighted by Gasteiger charge is -2.08. The molecule has 1 aromatic carbocycles. The molecule has 1 N–H and O–H groups in total. The Hall–Kier alpha value is -1.68. The molecule has 0 aliphatic rings. The molecule has 0 atom stereocenters. The van der Waals surface area contributed by atoms with Crippen LogP contribution in [0.2, 0.25) is 0 Å². The summed E-state index contributed by atoms with van der Waals surface area (Å²) in [7, 11) is 0. The van der Waals surface area contributed by atoms with Gasteiger partial charge in [0.15, 0.2) is 0 Å². The summed E-state index contributed by atoms with van der Waals surface area (Å²) in [5.74, 6) is -0.111. The Morgan fingerprint density at radius 3 is 2.67 bits per heavy atom. The van der Waals surface area contributed by atoms with E-state index in [4.69, 9.17) is 0 Å². The Morgan fingerprint density at radius 1 is 1.22 bits per heavy atom. The van der Waals surface area contributed by atoms with Crippen LogP contribution < -0.4 is 5.32 Å². The average molecular weight is 305 g/mol. The number of nitrogens with zero attached hydrogens (tertiary/aromatic N) is 1. The highest BCUT2D eigenvalue weighted by atomic mass is 79.9. The minimum Gasteiger partial charge on any atom is -0.322 e. The van der Waals surface area contributed by atoms with Crippen LogP contribution in [0.3, 0.4) is 0 Å². The first-order valence-corrected chi connectivity index (χ1v) is 6.35. The number of hydrogen-bond donors (Lipinski definition) is 1. The van der Waals surface area contributed by atoms with Crippen molar-refractivity contribution in [3.63, 3.8) is 0 Å². The molecule has 0 saturated heterocycles. The maximum absolute atomic E-state index is 12.1. The summed E-state index contributed by atoms with van der Waals surface area (Å²) < 4.78 is 0.999. The van der Waals surface area contributed by atoms with Crippen LogP contribution in [0.5, 0.6) is 0 Å². The van der Waals surface area contributed by atoms with Crippen LogP contribution in [0.25, 0.3) is 0 Å². The van der Waals surface area contributed by atoms with Crippen LogP contribution in [0.4, 0.5) is 5.69 Å². The summed E-state index contributed by atoms with van der Waals surface area (Å²) in [5.41, 5.74) is 3.41. The number of aryl methyl sites for hydroxylation is 2. The molecule has 0 unspecified atom stereocenters. The number of nitrogens with one attached hydrogen (secondary N) is 1. The van der Waals surface area contributed by atoms with E-state index in [9.17, 15) is 4.79 Å². The molecule has 0 aliphatic carbocycles. The van der Waals surface area contributed by atoms with Gasteiger partial charge in [-0.2, -0.15) is 0 Å². The number of pyridine rings is 1. The Balaban J connectivity index is 2.22. The summed E-state index contributed by atoms with van der Waals surface area (Å²) >= 11 is 3.42. The molecule has 1 heterocycles. The third-order valence-electron chi connectivity index (χ3n) is 2.69. The third-order valence-corrected chi connectivity index (χ3v) is 3.58. The predicted octanol–water partition coefficient (Wildman–Crippen LogP) is 3.71. The Kier molecular flexibility index (Phi) is 3.77. The number of benzene rings is 1. The normalized spacial score (nSPS) is 10.2. The van der Waals surface area contributed by atoms with Crippen LogP contribution in [0.1, 0.15) is 21.5 Å². The summed E-state index contributed by atoms with van der Waals surface area (Å²) in [6.45, 7) is 3.87. The summed E-state index contributed by atoms with van der Waals surface area (Å²) in [4.78, 5) is 16.1. The monoisotopic (exact) mass is 304 g/mol. The van der Waals surface area contributed by atoms with Crippen molar-refractivity contribution in [1.82, 2.24) is 4.98 Å². The Morgan fingerprint density at radius 2 is 2.00 bits per heavy atom. The zero-order valence-corrected chi connectivity index (χ0v) is 11.8. The van der Waals surface area contributed by atoms with Crippen molar-refractivity contribution in [1.29, 1.82) is 0 Å². The van der Waals surface area contributed by atoms with Gasteiger partial charge in [0, 0.05) is 28.1 Å². The van der Waals surface area contributed by atoms with E-state index in [2.05, 4.69) is 26.2 Å². The van der Waals surface area contributed by atoms with E-state index in [-0.39, 0.29) is 5.91 Å². The fourth-order valence-corrected chi connectivity index (χ4v) is 1.84. The van der Waals surface area contributed by atoms with Gasteiger partial charge in [-0.1, -0.05) is 15.9 Å². The highest BCUT2D eigenvalue weighted by Gasteiger charge is 2.08. The van der Waals surface area contributed by atoms with Crippen LogP contribution in [-0.4, -0.2) is 10.9 Å². The molecule has 1 amide bonds. The molecule has 0 saturated carbocycles. The third kappa shape index (κ3) is 2.76. The molecule has 2 aromatic rings. The molecular formula is C14H13BrN2O. The molecule has 0 aliphatic heterocycles. The van der Waals surface area contributed by atoms with Gasteiger partial charge < -0.3 is 5.32 Å². The SMILES string of the molecule is Cc1cc(C(=O)Nc2ccncc2C)ccc1Br. The zero-order valence-electron chi connectivity index (χ0n) is 10.2. The molecule has 3 nitrogen and oxygen atoms in total. The zero-order chi connectivity index (χ0) is 13.1. The van der Waals surface area contributed by atoms with E-state index in [0.717, 1.165) is 21.3 Å². The quantitative estimate of drug-likeness (QED) is 0.919. The first-order chi connectivity index (χ1) is 8.58. The van der Waals surface area contributed by atoms with Crippen LogP contribution >= 0.6 is 15.9 Å². The lowest BCUT2D eigenvalue weighted by atomic mass is 10.1. The van der Waals surface area contributed by atoms with Gasteiger partial charge in [-0.3, -0.25) is 9.78 Å². The highest BCUT2D eigenvalue weighted by Crippen LogP contribution is 2.19. The number of rotatable bonds is 2. The Labute approximate surface area is 114 Å². The summed E-state index contributed by atoms with van der Waals surface area (Å²) in [5, 5.41) is 2.88. The van der Waals surface area contributed by atoms with E-state index in [0.29, 0.717) is 5.56 Å². The molecule has 92 valence electrons. The van der Waals surface area contributed by atoms with Crippen molar-refractivity contribution < 1.29 is 4.79 Å². The number of carbonyl (C=O) groups excluding carboxylic acids is 1. The van der Waals surface area contributed by atoms with Crippen molar-refractivity contribution in [2.24, 2.45) is 0 Å². The number of aromatic nitrogens is 1. The van der Waals surface area contributed by atoms with Crippen molar-refractivity contribution in [3.8, 4) is 0 Å². The number of hydrogen-bond acceptors (Lipinski definition) is 2. The lowest BCUT2D eigenvalue weighted by molar-refractivity contribution is 0.102. The van der Waals surface area contributed by atoms with E-state index in [1.54, 1.807) is 24.5 Å². The summed E-state index contributed by atoms with van der Waals surface area (Å²) in [6, 6.07) is 7.32. The molecule has 4 heteroatoms. The molecule has 0 radical (unpaired) electrons. The summed E-state index contributed by atoms with van der Waals surface area (Å²) in [6.07, 6.45) is 3.39. The number of carbonyl (C=O) groups is 1. The average Bonchev–Trinajstić information content (AvgIpc) is 2.35. The number of anilines is 1. The molecule has 2 rings (SSSR count). The first kappa shape index (κ1) is 12.8. The van der Waals surface area contributed by atoms with Gasteiger partial charge in [0.1, 0.15) is 0 Å². The Bertz CT molecular complexity index is 596. The molecule has 0 bridgehead atoms. The van der Waals surface area contributed by atoms with Crippen molar-refractivity contribution >= 4 is 27.5 Å². The first-order valence-electron chi connectivity index (χ1n) is 5.56. The maximum Gasteiger partial charge on any atom is 0.255 e. The van der Waals surface area contributed by atoms with Gasteiger partial charge in [0.25, 0.3) is 5.91 Å². The smallest absolute Gasteiger partial charge is 0.255 e. The molecule has 0 fully saturated rings. The van der Waals surface area contributed by atoms with Gasteiger partial charge in [-0.05, 0) is 49.2 Å². The van der Waals surface area contributed by atoms with Crippen LogP contribution in [0, 0.1) is 13.8 Å². The number of amides is 1. The van der Waals surface area contributed by atoms with Crippen LogP contribution in [-0.2, 0) is 0 Å². The van der Waals surface area contributed by atoms with Gasteiger partial charge in [0.05, 0.1) is 0 Å². The second-order valence-electron chi connectivity index (χ2n) is 4.11. The van der Waals surface area contributed by atoms with E-state index >= 15 is 0 Å². The van der Waals surface area contributed by atoms with E-state index in [1.165, 1.54) is 0 Å².